The predicted molar refractivity (Wildman–Crippen MR) is 95.2 cm³/mol. The number of rotatable bonds is 2. The first-order chi connectivity index (χ1) is 13.0. The van der Waals surface area contributed by atoms with E-state index in [0.717, 1.165) is 36.6 Å². The average molecular weight is 368 g/mol. The molecule has 5 rings (SSSR count). The highest BCUT2D eigenvalue weighted by Gasteiger charge is 2.45. The summed E-state index contributed by atoms with van der Waals surface area (Å²) in [6.45, 7) is 2.87. The van der Waals surface area contributed by atoms with Gasteiger partial charge in [-0.3, -0.25) is 29.4 Å². The normalized spacial score (nSPS) is 30.0. The van der Waals surface area contributed by atoms with Gasteiger partial charge in [0.25, 0.3) is 11.8 Å². The van der Waals surface area contributed by atoms with Gasteiger partial charge in [-0.25, -0.2) is 0 Å². The zero-order valence-corrected chi connectivity index (χ0v) is 14.7. The monoisotopic (exact) mass is 368 g/mol. The van der Waals surface area contributed by atoms with E-state index in [1.807, 2.05) is 6.07 Å². The molecule has 8 nitrogen and oxygen atoms in total. The maximum absolute atomic E-state index is 12.9. The van der Waals surface area contributed by atoms with Gasteiger partial charge in [-0.05, 0) is 43.5 Å². The molecule has 8 heteroatoms. The summed E-state index contributed by atoms with van der Waals surface area (Å²) in [5, 5.41) is 5.65. The zero-order valence-electron chi connectivity index (χ0n) is 14.7. The molecule has 0 radical (unpaired) electrons. The summed E-state index contributed by atoms with van der Waals surface area (Å²) >= 11 is 0. The minimum absolute atomic E-state index is 0.124. The molecule has 3 saturated heterocycles. The maximum Gasteiger partial charge on any atom is 0.262 e. The molecule has 4 aliphatic rings. The number of piperidine rings is 2. The van der Waals surface area contributed by atoms with Crippen LogP contribution in [0.3, 0.4) is 0 Å². The smallest absolute Gasteiger partial charge is 0.262 e. The third-order valence-corrected chi connectivity index (χ3v) is 6.07. The van der Waals surface area contributed by atoms with Crippen LogP contribution in [0, 0.1) is 5.92 Å². The van der Waals surface area contributed by atoms with Crippen LogP contribution in [-0.2, 0) is 9.59 Å². The van der Waals surface area contributed by atoms with E-state index >= 15 is 0 Å². The van der Waals surface area contributed by atoms with Crippen molar-refractivity contribution in [1.29, 1.82) is 0 Å². The van der Waals surface area contributed by atoms with Gasteiger partial charge in [0.15, 0.2) is 0 Å². The number of benzene rings is 1. The molecule has 0 aromatic heterocycles. The lowest BCUT2D eigenvalue weighted by molar-refractivity contribution is -0.136. The molecule has 4 aliphatic heterocycles. The fourth-order valence-corrected chi connectivity index (χ4v) is 4.76. The molecule has 2 N–H and O–H groups in total. The largest absolute Gasteiger partial charge is 0.367 e. The van der Waals surface area contributed by atoms with E-state index in [-0.39, 0.29) is 18.7 Å². The van der Waals surface area contributed by atoms with Crippen LogP contribution in [0.2, 0.25) is 0 Å². The Labute approximate surface area is 155 Å². The first kappa shape index (κ1) is 16.4. The molecular weight excluding hydrogens is 348 g/mol. The number of amides is 4. The molecule has 2 bridgehead atoms. The molecule has 4 heterocycles. The number of nitrogens with one attached hydrogen (secondary N) is 2. The summed E-state index contributed by atoms with van der Waals surface area (Å²) in [5.41, 5.74) is 1.61. The lowest BCUT2D eigenvalue weighted by Gasteiger charge is -2.28. The zero-order chi connectivity index (χ0) is 18.7. The van der Waals surface area contributed by atoms with Crippen LogP contribution in [0.4, 0.5) is 5.69 Å². The molecule has 27 heavy (non-hydrogen) atoms. The highest BCUT2D eigenvalue weighted by atomic mass is 16.2. The molecule has 3 unspecified atom stereocenters. The first-order valence-electron chi connectivity index (χ1n) is 9.36. The SMILES string of the molecule is O=C1CCC(N2C(=O)c3ccc(N4CC5CNCC4C5)cc3C2=O)C(=O)N1. The van der Waals surface area contributed by atoms with Crippen molar-refractivity contribution in [2.75, 3.05) is 24.5 Å². The summed E-state index contributed by atoms with van der Waals surface area (Å²) < 4.78 is 0. The number of carbonyl (C=O) groups is 4. The lowest BCUT2D eigenvalue weighted by Crippen LogP contribution is -2.54. The quantitative estimate of drug-likeness (QED) is 0.707. The van der Waals surface area contributed by atoms with Gasteiger partial charge in [0.05, 0.1) is 11.1 Å². The fourth-order valence-electron chi connectivity index (χ4n) is 4.76. The van der Waals surface area contributed by atoms with Crippen LogP contribution >= 0.6 is 0 Å². The van der Waals surface area contributed by atoms with E-state index in [2.05, 4.69) is 15.5 Å². The highest BCUT2D eigenvalue weighted by Crippen LogP contribution is 2.35. The van der Waals surface area contributed by atoms with Gasteiger partial charge >= 0.3 is 0 Å². The topological polar surface area (TPSA) is 98.8 Å². The Morgan fingerprint density at radius 1 is 1.00 bits per heavy atom. The number of fused-ring (bicyclic) bond motifs is 3. The van der Waals surface area contributed by atoms with E-state index in [1.54, 1.807) is 12.1 Å². The van der Waals surface area contributed by atoms with E-state index in [9.17, 15) is 19.2 Å². The maximum atomic E-state index is 12.9. The minimum Gasteiger partial charge on any atom is -0.367 e. The predicted octanol–water partition coefficient (Wildman–Crippen LogP) is -0.114. The Morgan fingerprint density at radius 2 is 1.81 bits per heavy atom. The van der Waals surface area contributed by atoms with Crippen LogP contribution in [0.15, 0.2) is 18.2 Å². The third kappa shape index (κ3) is 2.47. The Balaban J connectivity index is 1.45. The Kier molecular flexibility index (Phi) is 3.58. The number of hydrogen-bond donors (Lipinski definition) is 2. The summed E-state index contributed by atoms with van der Waals surface area (Å²) in [6.07, 6.45) is 1.43. The standard InChI is InChI=1S/C19H20N4O4/c24-16-4-3-15(17(25)21-16)23-18(26)13-2-1-11(6-14(13)19(23)27)22-9-10-5-12(22)8-20-7-10/h1-2,6,10,12,15,20H,3-5,7-9H2,(H,21,24,25). The molecule has 3 atom stereocenters. The van der Waals surface area contributed by atoms with Gasteiger partial charge in [0, 0.05) is 31.2 Å². The number of hydrogen-bond acceptors (Lipinski definition) is 6. The Bertz CT molecular complexity index is 882. The van der Waals surface area contributed by atoms with Crippen molar-refractivity contribution in [3.63, 3.8) is 0 Å². The van der Waals surface area contributed by atoms with Gasteiger partial charge in [0.2, 0.25) is 11.8 Å². The molecule has 0 spiro atoms. The van der Waals surface area contributed by atoms with E-state index in [4.69, 9.17) is 0 Å². The summed E-state index contributed by atoms with van der Waals surface area (Å²) in [4.78, 5) is 52.5. The van der Waals surface area contributed by atoms with Crippen molar-refractivity contribution < 1.29 is 19.2 Å². The van der Waals surface area contributed by atoms with Gasteiger partial charge in [-0.15, -0.1) is 0 Å². The second-order valence-electron chi connectivity index (χ2n) is 7.74. The first-order valence-corrected chi connectivity index (χ1v) is 9.36. The molecule has 1 aromatic carbocycles. The van der Waals surface area contributed by atoms with E-state index < -0.39 is 23.8 Å². The number of carbonyl (C=O) groups excluding carboxylic acids is 4. The Hall–Kier alpha value is -2.74. The van der Waals surface area contributed by atoms with E-state index in [0.29, 0.717) is 23.1 Å². The van der Waals surface area contributed by atoms with Gasteiger partial charge in [0.1, 0.15) is 6.04 Å². The second-order valence-corrected chi connectivity index (χ2v) is 7.74. The molecule has 0 saturated carbocycles. The van der Waals surface area contributed by atoms with Crippen molar-refractivity contribution in [2.24, 2.45) is 5.92 Å². The van der Waals surface area contributed by atoms with Crippen molar-refractivity contribution in [3.8, 4) is 0 Å². The van der Waals surface area contributed by atoms with Crippen molar-refractivity contribution in [3.05, 3.63) is 29.3 Å². The average Bonchev–Trinajstić information content (AvgIpc) is 3.08. The fraction of sp³-hybridized carbons (Fsp3) is 0.474. The highest BCUT2D eigenvalue weighted by molar-refractivity contribution is 6.23. The van der Waals surface area contributed by atoms with Gasteiger partial charge < -0.3 is 10.2 Å². The number of anilines is 1. The lowest BCUT2D eigenvalue weighted by atomic mass is 10.0. The molecule has 4 amide bonds. The second kappa shape index (κ2) is 5.88. The summed E-state index contributed by atoms with van der Waals surface area (Å²) in [7, 11) is 0. The molecular formula is C19H20N4O4. The third-order valence-electron chi connectivity index (χ3n) is 6.07. The Morgan fingerprint density at radius 3 is 2.59 bits per heavy atom. The van der Waals surface area contributed by atoms with Crippen LogP contribution in [0.25, 0.3) is 0 Å². The molecule has 0 aliphatic carbocycles. The summed E-state index contributed by atoms with van der Waals surface area (Å²) in [6, 6.07) is 4.84. The number of imide groups is 2. The molecule has 3 fully saturated rings. The van der Waals surface area contributed by atoms with Crippen molar-refractivity contribution in [2.45, 2.75) is 31.3 Å². The minimum atomic E-state index is -0.922. The van der Waals surface area contributed by atoms with Crippen LogP contribution < -0.4 is 15.5 Å². The van der Waals surface area contributed by atoms with E-state index in [1.165, 1.54) is 0 Å². The van der Waals surface area contributed by atoms with Crippen molar-refractivity contribution in [1.82, 2.24) is 15.5 Å². The van der Waals surface area contributed by atoms with Gasteiger partial charge in [-0.1, -0.05) is 0 Å². The van der Waals surface area contributed by atoms with Crippen LogP contribution in [0.5, 0.6) is 0 Å². The summed E-state index contributed by atoms with van der Waals surface area (Å²) in [5.74, 6) is -1.26. The van der Waals surface area contributed by atoms with Crippen molar-refractivity contribution >= 4 is 29.3 Å². The van der Waals surface area contributed by atoms with Crippen LogP contribution in [-0.4, -0.2) is 60.2 Å². The van der Waals surface area contributed by atoms with Gasteiger partial charge in [-0.2, -0.15) is 0 Å². The molecule has 1 aromatic rings. The molecule has 140 valence electrons. The number of nitrogens with zero attached hydrogens (tertiary/aromatic N) is 2. The van der Waals surface area contributed by atoms with Crippen LogP contribution in [0.1, 0.15) is 40.0 Å².